The topological polar surface area (TPSA) is 12.0 Å². The summed E-state index contributed by atoms with van der Waals surface area (Å²) in [7, 11) is 0. The molecule has 1 saturated heterocycles. The molecule has 74 valence electrons. The smallest absolute Gasteiger partial charge is 0.0181 e. The molecule has 0 radical (unpaired) electrons. The predicted octanol–water partition coefficient (Wildman–Crippen LogP) is 3.13. The lowest BCUT2D eigenvalue weighted by Crippen LogP contribution is -2.39. The van der Waals surface area contributed by atoms with Crippen molar-refractivity contribution in [2.75, 3.05) is 6.54 Å². The second-order valence-electron chi connectivity index (χ2n) is 3.81. The molecule has 0 saturated carbocycles. The average molecular weight is 192 g/mol. The summed E-state index contributed by atoms with van der Waals surface area (Å²) in [6, 6.07) is 0. The first-order chi connectivity index (χ1) is 5.33. The van der Waals surface area contributed by atoms with Crippen molar-refractivity contribution in [3.63, 3.8) is 0 Å². The molecular weight excluding hydrogens is 170 g/mol. The van der Waals surface area contributed by atoms with Crippen molar-refractivity contribution < 1.29 is 0 Å². The van der Waals surface area contributed by atoms with E-state index in [2.05, 4.69) is 19.2 Å². The molecule has 0 aromatic heterocycles. The van der Waals surface area contributed by atoms with E-state index in [0.717, 1.165) is 0 Å². The summed E-state index contributed by atoms with van der Waals surface area (Å²) >= 11 is 0. The number of hydrogen-bond donors (Lipinski definition) is 1. The maximum atomic E-state index is 3.67. The highest BCUT2D eigenvalue weighted by Gasteiger charge is 2.30. The van der Waals surface area contributed by atoms with Crippen molar-refractivity contribution in [3.8, 4) is 0 Å². The number of rotatable bonds is 4. The van der Waals surface area contributed by atoms with Crippen molar-refractivity contribution >= 4 is 12.4 Å². The second kappa shape index (κ2) is 5.82. The van der Waals surface area contributed by atoms with Gasteiger partial charge in [0.2, 0.25) is 0 Å². The Morgan fingerprint density at radius 2 is 1.75 bits per heavy atom. The van der Waals surface area contributed by atoms with Crippen LogP contribution in [0.15, 0.2) is 0 Å². The van der Waals surface area contributed by atoms with E-state index in [9.17, 15) is 0 Å². The van der Waals surface area contributed by atoms with Crippen LogP contribution in [-0.2, 0) is 0 Å². The quantitative estimate of drug-likeness (QED) is 0.720. The van der Waals surface area contributed by atoms with Gasteiger partial charge in [0.15, 0.2) is 0 Å². The molecule has 1 aliphatic heterocycles. The monoisotopic (exact) mass is 191 g/mol. The third kappa shape index (κ3) is 2.95. The molecule has 0 aromatic rings. The van der Waals surface area contributed by atoms with Crippen LogP contribution in [0.5, 0.6) is 0 Å². The summed E-state index contributed by atoms with van der Waals surface area (Å²) in [5.74, 6) is 0. The van der Waals surface area contributed by atoms with E-state index in [1.807, 2.05) is 0 Å². The normalized spacial score (nSPS) is 20.5. The Balaban J connectivity index is 0.00000121. The molecule has 1 nitrogen and oxygen atoms in total. The lowest BCUT2D eigenvalue weighted by atomic mass is 9.87. The van der Waals surface area contributed by atoms with Crippen LogP contribution in [0.2, 0.25) is 0 Å². The van der Waals surface area contributed by atoms with E-state index in [1.165, 1.54) is 45.1 Å². The molecule has 0 unspecified atom stereocenters. The lowest BCUT2D eigenvalue weighted by molar-refractivity contribution is 0.317. The van der Waals surface area contributed by atoms with Crippen molar-refractivity contribution in [1.82, 2.24) is 5.32 Å². The second-order valence-corrected chi connectivity index (χ2v) is 3.81. The Bertz CT molecular complexity index is 100. The highest BCUT2D eigenvalue weighted by atomic mass is 35.5. The van der Waals surface area contributed by atoms with Gasteiger partial charge in [0.1, 0.15) is 0 Å². The highest BCUT2D eigenvalue weighted by molar-refractivity contribution is 5.85. The fraction of sp³-hybridized carbons (Fsp3) is 1.00. The molecule has 12 heavy (non-hydrogen) atoms. The molecule has 2 heteroatoms. The van der Waals surface area contributed by atoms with E-state index >= 15 is 0 Å². The lowest BCUT2D eigenvalue weighted by Gasteiger charge is -2.28. The Kier molecular flexibility index (Phi) is 5.94. The number of nitrogens with one attached hydrogen (secondary N) is 1. The zero-order chi connectivity index (χ0) is 8.16. The molecule has 0 bridgehead atoms. The Morgan fingerprint density at radius 3 is 2.08 bits per heavy atom. The summed E-state index contributed by atoms with van der Waals surface area (Å²) < 4.78 is 0. The minimum atomic E-state index is 0. The summed E-state index contributed by atoms with van der Waals surface area (Å²) in [6.45, 7) is 5.83. The molecule has 0 spiro atoms. The fourth-order valence-corrected chi connectivity index (χ4v) is 2.38. The maximum Gasteiger partial charge on any atom is 0.0181 e. The minimum Gasteiger partial charge on any atom is -0.311 e. The molecule has 0 aromatic carbocycles. The molecule has 0 amide bonds. The van der Waals surface area contributed by atoms with Gasteiger partial charge in [-0.15, -0.1) is 12.4 Å². The summed E-state index contributed by atoms with van der Waals surface area (Å²) in [4.78, 5) is 0. The summed E-state index contributed by atoms with van der Waals surface area (Å²) in [5.41, 5.74) is 0.545. The van der Waals surface area contributed by atoms with Gasteiger partial charge in [-0.05, 0) is 32.2 Å². The van der Waals surface area contributed by atoms with Crippen LogP contribution in [-0.4, -0.2) is 12.1 Å². The Morgan fingerprint density at radius 1 is 1.17 bits per heavy atom. The predicted molar refractivity (Wildman–Crippen MR) is 57.0 cm³/mol. The molecule has 1 rings (SSSR count). The van der Waals surface area contributed by atoms with Crippen LogP contribution in [0.25, 0.3) is 0 Å². The minimum absolute atomic E-state index is 0. The Labute approximate surface area is 82.7 Å². The molecular formula is C10H22ClN. The zero-order valence-electron chi connectivity index (χ0n) is 8.36. The third-order valence-electron chi connectivity index (χ3n) is 2.79. The average Bonchev–Trinajstić information content (AvgIpc) is 2.39. The van der Waals surface area contributed by atoms with Crippen LogP contribution < -0.4 is 5.32 Å². The van der Waals surface area contributed by atoms with Gasteiger partial charge in [-0.1, -0.05) is 26.7 Å². The fourth-order valence-electron chi connectivity index (χ4n) is 2.38. The van der Waals surface area contributed by atoms with Gasteiger partial charge in [-0.2, -0.15) is 0 Å². The van der Waals surface area contributed by atoms with E-state index in [1.54, 1.807) is 0 Å². The van der Waals surface area contributed by atoms with Crippen molar-refractivity contribution in [2.45, 2.75) is 57.9 Å². The van der Waals surface area contributed by atoms with Gasteiger partial charge in [0.25, 0.3) is 0 Å². The van der Waals surface area contributed by atoms with Crippen molar-refractivity contribution in [3.05, 3.63) is 0 Å². The molecule has 1 aliphatic rings. The highest BCUT2D eigenvalue weighted by Crippen LogP contribution is 2.28. The van der Waals surface area contributed by atoms with Crippen LogP contribution in [0.3, 0.4) is 0 Å². The molecule has 1 fully saturated rings. The van der Waals surface area contributed by atoms with E-state index < -0.39 is 0 Å². The Hall–Kier alpha value is 0.250. The van der Waals surface area contributed by atoms with Crippen LogP contribution in [0.4, 0.5) is 0 Å². The first-order valence-electron chi connectivity index (χ1n) is 5.08. The van der Waals surface area contributed by atoms with Gasteiger partial charge in [0.05, 0.1) is 0 Å². The van der Waals surface area contributed by atoms with Crippen molar-refractivity contribution in [1.29, 1.82) is 0 Å². The summed E-state index contributed by atoms with van der Waals surface area (Å²) in [5, 5.41) is 3.67. The van der Waals surface area contributed by atoms with E-state index in [4.69, 9.17) is 0 Å². The van der Waals surface area contributed by atoms with Crippen LogP contribution in [0.1, 0.15) is 52.4 Å². The SMILES string of the molecule is CCCC1(CCC)CCCN1.Cl. The number of halogens is 1. The maximum absolute atomic E-state index is 3.67. The summed E-state index contributed by atoms with van der Waals surface area (Å²) in [6.07, 6.45) is 8.20. The van der Waals surface area contributed by atoms with Gasteiger partial charge in [0, 0.05) is 5.54 Å². The van der Waals surface area contributed by atoms with Gasteiger partial charge in [-0.3, -0.25) is 0 Å². The molecule has 0 aliphatic carbocycles. The van der Waals surface area contributed by atoms with Crippen LogP contribution >= 0.6 is 12.4 Å². The largest absolute Gasteiger partial charge is 0.311 e. The van der Waals surface area contributed by atoms with Gasteiger partial charge in [-0.25, -0.2) is 0 Å². The molecule has 0 atom stereocenters. The van der Waals surface area contributed by atoms with Gasteiger partial charge < -0.3 is 5.32 Å². The van der Waals surface area contributed by atoms with Crippen molar-refractivity contribution in [2.24, 2.45) is 0 Å². The zero-order valence-corrected chi connectivity index (χ0v) is 9.17. The van der Waals surface area contributed by atoms with Crippen LogP contribution in [0, 0.1) is 0 Å². The van der Waals surface area contributed by atoms with Gasteiger partial charge >= 0.3 is 0 Å². The standard InChI is InChI=1S/C10H21N.ClH/c1-3-6-10(7-4-2)8-5-9-11-10;/h11H,3-9H2,1-2H3;1H. The third-order valence-corrected chi connectivity index (χ3v) is 2.79. The molecule has 1 N–H and O–H groups in total. The van der Waals surface area contributed by atoms with E-state index in [-0.39, 0.29) is 12.4 Å². The first-order valence-corrected chi connectivity index (χ1v) is 5.08. The number of hydrogen-bond acceptors (Lipinski definition) is 1. The molecule has 1 heterocycles. The first kappa shape index (κ1) is 12.2. The van der Waals surface area contributed by atoms with E-state index in [0.29, 0.717) is 5.54 Å².